The molecule has 0 aromatic heterocycles. The summed E-state index contributed by atoms with van der Waals surface area (Å²) in [6, 6.07) is 14.7. The molecule has 19 heavy (non-hydrogen) atoms. The number of benzene rings is 2. The minimum absolute atomic E-state index is 0.337. The Labute approximate surface area is 111 Å². The first kappa shape index (κ1) is 11.7. The second-order valence-corrected chi connectivity index (χ2v) is 4.66. The summed E-state index contributed by atoms with van der Waals surface area (Å²) in [7, 11) is 0. The van der Waals surface area contributed by atoms with Crippen molar-refractivity contribution in [1.82, 2.24) is 0 Å². The van der Waals surface area contributed by atoms with Gasteiger partial charge in [0.15, 0.2) is 0 Å². The average molecular weight is 252 g/mol. The van der Waals surface area contributed by atoms with Crippen LogP contribution in [0.15, 0.2) is 42.5 Å². The van der Waals surface area contributed by atoms with Crippen molar-refractivity contribution < 1.29 is 4.39 Å². The molecule has 3 heteroatoms. The Morgan fingerprint density at radius 1 is 1.11 bits per heavy atom. The van der Waals surface area contributed by atoms with Crippen LogP contribution < -0.4 is 4.90 Å². The van der Waals surface area contributed by atoms with Crippen LogP contribution in [0.4, 0.5) is 15.8 Å². The van der Waals surface area contributed by atoms with E-state index in [1.807, 2.05) is 29.2 Å². The van der Waals surface area contributed by atoms with Gasteiger partial charge in [-0.05, 0) is 42.7 Å². The predicted molar refractivity (Wildman–Crippen MR) is 72.9 cm³/mol. The van der Waals surface area contributed by atoms with Gasteiger partial charge in [-0.15, -0.1) is 0 Å². The van der Waals surface area contributed by atoms with E-state index in [-0.39, 0.29) is 5.82 Å². The lowest BCUT2D eigenvalue weighted by Gasteiger charge is -2.31. The third-order valence-corrected chi connectivity index (χ3v) is 3.48. The van der Waals surface area contributed by atoms with Gasteiger partial charge in [0.25, 0.3) is 0 Å². The molecule has 3 rings (SSSR count). The van der Waals surface area contributed by atoms with Gasteiger partial charge in [0.2, 0.25) is 0 Å². The molecule has 0 atom stereocenters. The first-order valence-corrected chi connectivity index (χ1v) is 6.34. The maximum atomic E-state index is 14.1. The van der Waals surface area contributed by atoms with Crippen molar-refractivity contribution in [3.05, 3.63) is 59.4 Å². The number of rotatable bonds is 1. The van der Waals surface area contributed by atoms with Gasteiger partial charge in [0.05, 0.1) is 17.3 Å². The number of hydrogen-bond acceptors (Lipinski definition) is 2. The lowest BCUT2D eigenvalue weighted by molar-refractivity contribution is 0.620. The Bertz CT molecular complexity index is 658. The molecule has 0 unspecified atom stereocenters. The second kappa shape index (κ2) is 4.74. The summed E-state index contributed by atoms with van der Waals surface area (Å²) in [4.78, 5) is 2.00. The van der Waals surface area contributed by atoms with E-state index in [4.69, 9.17) is 5.26 Å². The Kier molecular flexibility index (Phi) is 2.92. The van der Waals surface area contributed by atoms with E-state index in [0.717, 1.165) is 25.1 Å². The van der Waals surface area contributed by atoms with Crippen molar-refractivity contribution >= 4 is 11.4 Å². The third-order valence-electron chi connectivity index (χ3n) is 3.48. The molecule has 0 amide bonds. The predicted octanol–water partition coefficient (Wildman–Crippen LogP) is 3.78. The van der Waals surface area contributed by atoms with Gasteiger partial charge < -0.3 is 4.90 Å². The van der Waals surface area contributed by atoms with Crippen LogP contribution in [0.2, 0.25) is 0 Å². The van der Waals surface area contributed by atoms with Crippen molar-refractivity contribution in [2.24, 2.45) is 0 Å². The van der Waals surface area contributed by atoms with Gasteiger partial charge in [-0.3, -0.25) is 0 Å². The van der Waals surface area contributed by atoms with Gasteiger partial charge in [0.1, 0.15) is 5.82 Å². The summed E-state index contributed by atoms with van der Waals surface area (Å²) in [6.07, 6.45) is 2.04. The van der Waals surface area contributed by atoms with Crippen molar-refractivity contribution in [3.8, 4) is 6.07 Å². The quantitative estimate of drug-likeness (QED) is 0.772. The molecule has 94 valence electrons. The third kappa shape index (κ3) is 2.06. The molecule has 1 heterocycles. The van der Waals surface area contributed by atoms with Gasteiger partial charge in [-0.25, -0.2) is 4.39 Å². The summed E-state index contributed by atoms with van der Waals surface area (Å²) in [6.45, 7) is 0.805. The largest absolute Gasteiger partial charge is 0.339 e. The smallest absolute Gasteiger partial charge is 0.148 e. The summed E-state index contributed by atoms with van der Waals surface area (Å²) in [5.74, 6) is -0.337. The van der Waals surface area contributed by atoms with Crippen molar-refractivity contribution in [2.75, 3.05) is 11.4 Å². The van der Waals surface area contributed by atoms with E-state index in [9.17, 15) is 4.39 Å². The maximum absolute atomic E-state index is 14.1. The SMILES string of the molecule is N#Cc1ccc(N2CCCc3ccccc32)c(F)c1. The lowest BCUT2D eigenvalue weighted by atomic mass is 10.0. The molecule has 0 fully saturated rings. The zero-order valence-electron chi connectivity index (χ0n) is 10.4. The fourth-order valence-electron chi connectivity index (χ4n) is 2.58. The van der Waals surface area contributed by atoms with Crippen LogP contribution in [0.1, 0.15) is 17.5 Å². The van der Waals surface area contributed by atoms with E-state index in [0.29, 0.717) is 11.3 Å². The summed E-state index contributed by atoms with van der Waals surface area (Å²) < 4.78 is 14.1. The molecular formula is C16H13FN2. The van der Waals surface area contributed by atoms with Crippen molar-refractivity contribution in [1.29, 1.82) is 5.26 Å². The van der Waals surface area contributed by atoms with E-state index in [1.54, 1.807) is 12.1 Å². The highest BCUT2D eigenvalue weighted by atomic mass is 19.1. The highest BCUT2D eigenvalue weighted by Gasteiger charge is 2.20. The molecule has 2 aromatic carbocycles. The van der Waals surface area contributed by atoms with Gasteiger partial charge in [-0.2, -0.15) is 5.26 Å². The molecule has 0 saturated carbocycles. The molecule has 2 nitrogen and oxygen atoms in total. The topological polar surface area (TPSA) is 27.0 Å². The highest BCUT2D eigenvalue weighted by Crippen LogP contribution is 2.34. The number of halogens is 1. The minimum Gasteiger partial charge on any atom is -0.339 e. The molecular weight excluding hydrogens is 239 g/mol. The van der Waals surface area contributed by atoms with Crippen LogP contribution >= 0.6 is 0 Å². The van der Waals surface area contributed by atoms with Gasteiger partial charge >= 0.3 is 0 Å². The first-order valence-electron chi connectivity index (χ1n) is 6.34. The molecule has 0 spiro atoms. The number of anilines is 2. The molecule has 0 aliphatic carbocycles. The Morgan fingerprint density at radius 2 is 1.95 bits per heavy atom. The van der Waals surface area contributed by atoms with Crippen molar-refractivity contribution in [2.45, 2.75) is 12.8 Å². The lowest BCUT2D eigenvalue weighted by Crippen LogP contribution is -2.25. The fourth-order valence-corrected chi connectivity index (χ4v) is 2.58. The van der Waals surface area contributed by atoms with Crippen LogP contribution in [0.3, 0.4) is 0 Å². The van der Waals surface area contributed by atoms with Crippen LogP contribution in [-0.4, -0.2) is 6.54 Å². The number of nitrogens with zero attached hydrogens (tertiary/aromatic N) is 2. The highest BCUT2D eigenvalue weighted by molar-refractivity contribution is 5.68. The van der Waals surface area contributed by atoms with Crippen LogP contribution in [0.5, 0.6) is 0 Å². The Hall–Kier alpha value is -2.34. The maximum Gasteiger partial charge on any atom is 0.148 e. The van der Waals surface area contributed by atoms with Crippen LogP contribution in [0, 0.1) is 17.1 Å². The molecule has 1 aliphatic heterocycles. The van der Waals surface area contributed by atoms with Crippen LogP contribution in [0.25, 0.3) is 0 Å². The zero-order chi connectivity index (χ0) is 13.2. The second-order valence-electron chi connectivity index (χ2n) is 4.66. The fraction of sp³-hybridized carbons (Fsp3) is 0.188. The molecule has 1 aliphatic rings. The first-order chi connectivity index (χ1) is 9.29. The standard InChI is InChI=1S/C16H13FN2/c17-14-10-12(11-18)7-8-16(14)19-9-3-5-13-4-1-2-6-15(13)19/h1-2,4,6-8,10H,3,5,9H2. The molecule has 0 bridgehead atoms. The van der Waals surface area contributed by atoms with E-state index < -0.39 is 0 Å². The number of hydrogen-bond donors (Lipinski definition) is 0. The monoisotopic (exact) mass is 252 g/mol. The summed E-state index contributed by atoms with van der Waals surface area (Å²) in [5.41, 5.74) is 3.22. The average Bonchev–Trinajstić information content (AvgIpc) is 2.46. The molecule has 0 N–H and O–H groups in total. The number of fused-ring (bicyclic) bond motifs is 1. The Balaban J connectivity index is 2.07. The molecule has 0 radical (unpaired) electrons. The normalized spacial score (nSPS) is 13.8. The van der Waals surface area contributed by atoms with Crippen LogP contribution in [-0.2, 0) is 6.42 Å². The van der Waals surface area contributed by atoms with E-state index in [2.05, 4.69) is 6.07 Å². The number of nitriles is 1. The summed E-state index contributed by atoms with van der Waals surface area (Å²) in [5, 5.41) is 8.79. The summed E-state index contributed by atoms with van der Waals surface area (Å²) >= 11 is 0. The minimum atomic E-state index is -0.337. The number of aryl methyl sites for hydroxylation is 1. The van der Waals surface area contributed by atoms with E-state index in [1.165, 1.54) is 11.6 Å². The number of para-hydroxylation sites is 1. The van der Waals surface area contributed by atoms with Gasteiger partial charge in [0, 0.05) is 12.2 Å². The Morgan fingerprint density at radius 3 is 2.74 bits per heavy atom. The van der Waals surface area contributed by atoms with Gasteiger partial charge in [-0.1, -0.05) is 18.2 Å². The molecule has 0 saturated heterocycles. The van der Waals surface area contributed by atoms with Crippen molar-refractivity contribution in [3.63, 3.8) is 0 Å². The zero-order valence-corrected chi connectivity index (χ0v) is 10.4. The van der Waals surface area contributed by atoms with E-state index >= 15 is 0 Å². The molecule has 2 aromatic rings.